The van der Waals surface area contributed by atoms with Crippen LogP contribution in [0.4, 0.5) is 0 Å². The minimum atomic E-state index is -0.811. The van der Waals surface area contributed by atoms with Gasteiger partial charge in [0.1, 0.15) is 0 Å². The van der Waals surface area contributed by atoms with Crippen molar-refractivity contribution in [3.05, 3.63) is 46.7 Å². The van der Waals surface area contributed by atoms with Crippen LogP contribution in [0.15, 0.2) is 41.8 Å². The van der Waals surface area contributed by atoms with Crippen molar-refractivity contribution in [2.75, 3.05) is 13.1 Å². The Morgan fingerprint density at radius 2 is 1.95 bits per heavy atom. The average Bonchev–Trinajstić information content (AvgIpc) is 3.05. The van der Waals surface area contributed by atoms with Crippen LogP contribution in [0, 0.1) is 5.92 Å². The first kappa shape index (κ1) is 14.8. The maximum Gasteiger partial charge on any atom is 0.308 e. The van der Waals surface area contributed by atoms with Gasteiger partial charge in [0.25, 0.3) is 5.91 Å². The van der Waals surface area contributed by atoms with Crippen molar-refractivity contribution >= 4 is 23.2 Å². The molecule has 1 aliphatic heterocycles. The van der Waals surface area contributed by atoms with E-state index in [9.17, 15) is 9.59 Å². The number of piperidine rings is 1. The van der Waals surface area contributed by atoms with Crippen LogP contribution in [0.2, 0.25) is 0 Å². The number of carboxylic acid groups (broad SMARTS) is 1. The number of likely N-dealkylation sites (tertiary alicyclic amines) is 1. The maximum atomic E-state index is 12.6. The van der Waals surface area contributed by atoms with E-state index < -0.39 is 11.9 Å². The molecule has 2 aromatic rings. The first-order valence-corrected chi connectivity index (χ1v) is 8.19. The molecular weight excluding hydrogens is 298 g/mol. The number of carbonyl (C=O) groups is 2. The van der Waals surface area contributed by atoms with Gasteiger partial charge in [0.2, 0.25) is 0 Å². The molecule has 1 saturated heterocycles. The third-order valence-electron chi connectivity index (χ3n) is 3.98. The molecular formula is C17H17NO3S. The van der Waals surface area contributed by atoms with E-state index in [0.717, 1.165) is 17.5 Å². The first-order valence-electron chi connectivity index (χ1n) is 7.31. The number of carbonyl (C=O) groups excluding carboxylic acids is 1. The van der Waals surface area contributed by atoms with Gasteiger partial charge in [-0.3, -0.25) is 9.59 Å². The number of hydrogen-bond acceptors (Lipinski definition) is 3. The fraction of sp³-hybridized carbons (Fsp3) is 0.294. The smallest absolute Gasteiger partial charge is 0.308 e. The number of thiophene rings is 1. The standard InChI is InChI=1S/C17H17NO3S/c19-16(18-8-4-7-13(10-18)17(20)21)15-9-14(11-22-15)12-5-2-1-3-6-12/h1-3,5-6,9,11,13H,4,7-8,10H2,(H,20,21)/t13-/m0/s1. The van der Waals surface area contributed by atoms with E-state index in [2.05, 4.69) is 0 Å². The summed E-state index contributed by atoms with van der Waals surface area (Å²) in [4.78, 5) is 26.0. The molecule has 1 amide bonds. The summed E-state index contributed by atoms with van der Waals surface area (Å²) in [6.45, 7) is 0.952. The van der Waals surface area contributed by atoms with Crippen LogP contribution < -0.4 is 0 Å². The zero-order chi connectivity index (χ0) is 15.5. The molecule has 1 atom stereocenters. The summed E-state index contributed by atoms with van der Waals surface area (Å²) >= 11 is 1.42. The Morgan fingerprint density at radius 3 is 2.68 bits per heavy atom. The lowest BCUT2D eigenvalue weighted by Crippen LogP contribution is -2.42. The van der Waals surface area contributed by atoms with E-state index in [1.54, 1.807) is 4.90 Å². The maximum absolute atomic E-state index is 12.6. The third-order valence-corrected chi connectivity index (χ3v) is 4.89. The summed E-state index contributed by atoms with van der Waals surface area (Å²) < 4.78 is 0. The number of amides is 1. The molecule has 22 heavy (non-hydrogen) atoms. The second kappa shape index (κ2) is 6.32. The lowest BCUT2D eigenvalue weighted by atomic mass is 9.98. The molecule has 2 heterocycles. The molecule has 1 fully saturated rings. The summed E-state index contributed by atoms with van der Waals surface area (Å²) in [5, 5.41) is 11.1. The number of aliphatic carboxylic acids is 1. The number of benzene rings is 1. The van der Waals surface area contributed by atoms with Crippen molar-refractivity contribution in [1.29, 1.82) is 0 Å². The highest BCUT2D eigenvalue weighted by atomic mass is 32.1. The molecule has 1 aromatic heterocycles. The van der Waals surface area contributed by atoms with Crippen molar-refractivity contribution in [3.8, 4) is 11.1 Å². The van der Waals surface area contributed by atoms with Crippen LogP contribution in [-0.2, 0) is 4.79 Å². The third kappa shape index (κ3) is 3.04. The predicted octanol–water partition coefficient (Wildman–Crippen LogP) is 3.35. The van der Waals surface area contributed by atoms with Crippen molar-refractivity contribution in [2.45, 2.75) is 12.8 Å². The molecule has 3 rings (SSSR count). The molecule has 0 saturated carbocycles. The van der Waals surface area contributed by atoms with E-state index in [-0.39, 0.29) is 5.91 Å². The second-order valence-electron chi connectivity index (χ2n) is 5.49. The van der Waals surface area contributed by atoms with E-state index in [4.69, 9.17) is 5.11 Å². The highest BCUT2D eigenvalue weighted by molar-refractivity contribution is 7.12. The van der Waals surface area contributed by atoms with Gasteiger partial charge in [-0.2, -0.15) is 0 Å². The number of rotatable bonds is 3. The quantitative estimate of drug-likeness (QED) is 0.945. The molecule has 0 spiro atoms. The molecule has 1 N–H and O–H groups in total. The molecule has 1 aromatic carbocycles. The predicted molar refractivity (Wildman–Crippen MR) is 86.0 cm³/mol. The van der Waals surface area contributed by atoms with Crippen molar-refractivity contribution < 1.29 is 14.7 Å². The topological polar surface area (TPSA) is 57.6 Å². The van der Waals surface area contributed by atoms with Gasteiger partial charge in [0.15, 0.2) is 0 Å². The summed E-state index contributed by atoms with van der Waals surface area (Å²) in [5.74, 6) is -1.31. The largest absolute Gasteiger partial charge is 0.481 e. The van der Waals surface area contributed by atoms with E-state index in [1.807, 2.05) is 41.8 Å². The fourth-order valence-corrected chi connectivity index (χ4v) is 3.63. The molecule has 114 valence electrons. The van der Waals surface area contributed by atoms with Gasteiger partial charge < -0.3 is 10.0 Å². The Labute approximate surface area is 133 Å². The lowest BCUT2D eigenvalue weighted by Gasteiger charge is -2.30. The SMILES string of the molecule is O=C(O)[C@H]1CCCN(C(=O)c2cc(-c3ccccc3)cs2)C1. The Hall–Kier alpha value is -2.14. The van der Waals surface area contributed by atoms with E-state index in [0.29, 0.717) is 24.4 Å². The van der Waals surface area contributed by atoms with Crippen LogP contribution in [-0.4, -0.2) is 35.0 Å². The molecule has 5 heteroatoms. The van der Waals surface area contributed by atoms with Gasteiger partial charge in [0, 0.05) is 13.1 Å². The Morgan fingerprint density at radius 1 is 1.18 bits per heavy atom. The normalized spacial score (nSPS) is 18.2. The number of hydrogen-bond donors (Lipinski definition) is 1. The average molecular weight is 315 g/mol. The van der Waals surface area contributed by atoms with Gasteiger partial charge in [-0.15, -0.1) is 11.3 Å². The monoisotopic (exact) mass is 315 g/mol. The van der Waals surface area contributed by atoms with Crippen molar-refractivity contribution in [3.63, 3.8) is 0 Å². The molecule has 0 unspecified atom stereocenters. The fourth-order valence-electron chi connectivity index (χ4n) is 2.75. The van der Waals surface area contributed by atoms with E-state index in [1.165, 1.54) is 11.3 Å². The van der Waals surface area contributed by atoms with Gasteiger partial charge >= 0.3 is 5.97 Å². The van der Waals surface area contributed by atoms with Crippen molar-refractivity contribution in [1.82, 2.24) is 4.90 Å². The molecule has 4 nitrogen and oxygen atoms in total. The number of nitrogens with zero attached hydrogens (tertiary/aromatic N) is 1. The summed E-state index contributed by atoms with van der Waals surface area (Å²) in [5.41, 5.74) is 2.11. The van der Waals surface area contributed by atoms with Gasteiger partial charge in [-0.05, 0) is 35.4 Å². The van der Waals surface area contributed by atoms with Crippen LogP contribution in [0.5, 0.6) is 0 Å². The highest BCUT2D eigenvalue weighted by Gasteiger charge is 2.29. The lowest BCUT2D eigenvalue weighted by molar-refractivity contribution is -0.143. The Bertz CT molecular complexity index is 680. The Kier molecular flexibility index (Phi) is 4.24. The second-order valence-corrected chi connectivity index (χ2v) is 6.41. The zero-order valence-electron chi connectivity index (χ0n) is 12.1. The summed E-state index contributed by atoms with van der Waals surface area (Å²) in [7, 11) is 0. The van der Waals surface area contributed by atoms with E-state index >= 15 is 0 Å². The molecule has 0 aliphatic carbocycles. The van der Waals surface area contributed by atoms with Crippen molar-refractivity contribution in [2.24, 2.45) is 5.92 Å². The van der Waals surface area contributed by atoms with Crippen LogP contribution in [0.25, 0.3) is 11.1 Å². The Balaban J connectivity index is 1.76. The molecule has 1 aliphatic rings. The van der Waals surface area contributed by atoms with Crippen LogP contribution in [0.3, 0.4) is 0 Å². The highest BCUT2D eigenvalue weighted by Crippen LogP contribution is 2.27. The summed E-state index contributed by atoms with van der Waals surface area (Å²) in [6, 6.07) is 11.8. The van der Waals surface area contributed by atoms with Crippen LogP contribution >= 0.6 is 11.3 Å². The first-order chi connectivity index (χ1) is 10.6. The molecule has 0 bridgehead atoms. The summed E-state index contributed by atoms with van der Waals surface area (Å²) in [6.07, 6.45) is 1.40. The minimum absolute atomic E-state index is 0.0573. The van der Waals surface area contributed by atoms with Gasteiger partial charge in [0.05, 0.1) is 10.8 Å². The van der Waals surface area contributed by atoms with Gasteiger partial charge in [-0.1, -0.05) is 30.3 Å². The molecule has 0 radical (unpaired) electrons. The van der Waals surface area contributed by atoms with Crippen LogP contribution in [0.1, 0.15) is 22.5 Å². The zero-order valence-corrected chi connectivity index (χ0v) is 12.9. The minimum Gasteiger partial charge on any atom is -0.481 e. The number of carboxylic acids is 1. The van der Waals surface area contributed by atoms with Gasteiger partial charge in [-0.25, -0.2) is 0 Å².